The van der Waals surface area contributed by atoms with Crippen molar-refractivity contribution in [3.8, 4) is 17.2 Å². The molecule has 0 heterocycles. The minimum atomic E-state index is -0.285. The highest BCUT2D eigenvalue weighted by Gasteiger charge is 2.08. The number of hydrogen-bond donors (Lipinski definition) is 2. The molecule has 0 amide bonds. The van der Waals surface area contributed by atoms with Gasteiger partial charge in [-0.15, -0.1) is 0 Å². The van der Waals surface area contributed by atoms with E-state index >= 15 is 0 Å². The molecule has 2 aromatic carbocycles. The van der Waals surface area contributed by atoms with Gasteiger partial charge in [-0.25, -0.2) is 4.39 Å². The van der Waals surface area contributed by atoms with E-state index in [1.165, 1.54) is 12.1 Å². The van der Waals surface area contributed by atoms with Crippen LogP contribution in [0.1, 0.15) is 12.5 Å². The van der Waals surface area contributed by atoms with E-state index in [2.05, 4.69) is 15.6 Å². The Kier molecular flexibility index (Phi) is 7.73. The van der Waals surface area contributed by atoms with Crippen LogP contribution in [0.3, 0.4) is 0 Å². The predicted octanol–water partition coefficient (Wildman–Crippen LogP) is 2.98. The molecular formula is C20H26FN3O3. The standard InChI is InChI=1S/C20H26FN3O3/c1-14(27-17-9-6-16(21)7-10-17)12-23-20(22-2)24-13-15-5-8-18(25-3)11-19(15)26-4/h5-11,14H,12-13H2,1-4H3,(H2,22,23,24). The molecule has 27 heavy (non-hydrogen) atoms. The van der Waals surface area contributed by atoms with E-state index in [-0.39, 0.29) is 11.9 Å². The second-order valence-corrected chi connectivity index (χ2v) is 5.87. The molecule has 6 nitrogen and oxygen atoms in total. The number of halogens is 1. The SMILES string of the molecule is CN=C(NCc1ccc(OC)cc1OC)NCC(C)Oc1ccc(F)cc1. The third-order valence-corrected chi connectivity index (χ3v) is 3.87. The summed E-state index contributed by atoms with van der Waals surface area (Å²) in [6.45, 7) is 3.01. The van der Waals surface area contributed by atoms with E-state index in [1.807, 2.05) is 25.1 Å². The number of nitrogens with one attached hydrogen (secondary N) is 2. The highest BCUT2D eigenvalue weighted by Crippen LogP contribution is 2.24. The van der Waals surface area contributed by atoms with Crippen molar-refractivity contribution in [2.24, 2.45) is 4.99 Å². The van der Waals surface area contributed by atoms with Crippen molar-refractivity contribution >= 4 is 5.96 Å². The third kappa shape index (κ3) is 6.36. The van der Waals surface area contributed by atoms with E-state index in [1.54, 1.807) is 33.4 Å². The Morgan fingerprint density at radius 3 is 2.37 bits per heavy atom. The highest BCUT2D eigenvalue weighted by molar-refractivity contribution is 5.79. The molecule has 0 fully saturated rings. The summed E-state index contributed by atoms with van der Waals surface area (Å²) in [6, 6.07) is 11.6. The summed E-state index contributed by atoms with van der Waals surface area (Å²) in [4.78, 5) is 4.21. The second-order valence-electron chi connectivity index (χ2n) is 5.87. The third-order valence-electron chi connectivity index (χ3n) is 3.87. The number of hydrogen-bond acceptors (Lipinski definition) is 4. The van der Waals surface area contributed by atoms with Crippen LogP contribution in [0.4, 0.5) is 4.39 Å². The van der Waals surface area contributed by atoms with Crippen LogP contribution < -0.4 is 24.8 Å². The minimum Gasteiger partial charge on any atom is -0.497 e. The molecule has 0 spiro atoms. The van der Waals surface area contributed by atoms with Crippen LogP contribution in [0, 0.1) is 5.82 Å². The summed E-state index contributed by atoms with van der Waals surface area (Å²) in [7, 11) is 4.94. The Hall–Kier alpha value is -2.96. The zero-order valence-corrected chi connectivity index (χ0v) is 16.1. The smallest absolute Gasteiger partial charge is 0.191 e. The predicted molar refractivity (Wildman–Crippen MR) is 104 cm³/mol. The van der Waals surface area contributed by atoms with Gasteiger partial charge in [-0.2, -0.15) is 0 Å². The first-order valence-corrected chi connectivity index (χ1v) is 8.63. The fourth-order valence-electron chi connectivity index (χ4n) is 2.43. The summed E-state index contributed by atoms with van der Waals surface area (Å²) in [5, 5.41) is 6.44. The fraction of sp³-hybridized carbons (Fsp3) is 0.350. The summed E-state index contributed by atoms with van der Waals surface area (Å²) in [6.07, 6.45) is -0.121. The number of methoxy groups -OCH3 is 2. The topological polar surface area (TPSA) is 64.1 Å². The van der Waals surface area contributed by atoms with Crippen LogP contribution in [-0.4, -0.2) is 39.9 Å². The van der Waals surface area contributed by atoms with Crippen LogP contribution >= 0.6 is 0 Å². The van der Waals surface area contributed by atoms with Crippen LogP contribution in [0.2, 0.25) is 0 Å². The molecule has 1 unspecified atom stereocenters. The first-order chi connectivity index (χ1) is 13.0. The van der Waals surface area contributed by atoms with Crippen molar-refractivity contribution < 1.29 is 18.6 Å². The monoisotopic (exact) mass is 375 g/mol. The molecule has 7 heteroatoms. The van der Waals surface area contributed by atoms with E-state index in [4.69, 9.17) is 14.2 Å². The van der Waals surface area contributed by atoms with Crippen LogP contribution in [0.15, 0.2) is 47.5 Å². The van der Waals surface area contributed by atoms with Crippen molar-refractivity contribution in [3.05, 3.63) is 53.8 Å². The molecule has 1 atom stereocenters. The first kappa shape index (κ1) is 20.4. The summed E-state index contributed by atoms with van der Waals surface area (Å²) < 4.78 is 29.3. The number of rotatable bonds is 8. The van der Waals surface area contributed by atoms with Gasteiger partial charge in [0.05, 0.1) is 20.8 Å². The van der Waals surface area contributed by atoms with E-state index in [0.29, 0.717) is 24.8 Å². The molecule has 0 radical (unpaired) electrons. The molecule has 0 aromatic heterocycles. The number of guanidine groups is 1. The van der Waals surface area contributed by atoms with Crippen molar-refractivity contribution in [2.45, 2.75) is 19.6 Å². The number of nitrogens with zero attached hydrogens (tertiary/aromatic N) is 1. The molecular weight excluding hydrogens is 349 g/mol. The lowest BCUT2D eigenvalue weighted by atomic mass is 10.2. The number of aliphatic imine (C=N–C) groups is 1. The largest absolute Gasteiger partial charge is 0.497 e. The average molecular weight is 375 g/mol. The normalized spacial score (nSPS) is 12.3. The van der Waals surface area contributed by atoms with Gasteiger partial charge in [0, 0.05) is 25.2 Å². The Morgan fingerprint density at radius 2 is 1.74 bits per heavy atom. The Bertz CT molecular complexity index is 751. The van der Waals surface area contributed by atoms with Crippen LogP contribution in [0.5, 0.6) is 17.2 Å². The lowest BCUT2D eigenvalue weighted by Gasteiger charge is -2.18. The van der Waals surface area contributed by atoms with Gasteiger partial charge in [-0.05, 0) is 43.3 Å². The van der Waals surface area contributed by atoms with E-state index in [9.17, 15) is 4.39 Å². The quantitative estimate of drug-likeness (QED) is 0.549. The number of benzene rings is 2. The fourth-order valence-corrected chi connectivity index (χ4v) is 2.43. The number of ether oxygens (including phenoxy) is 3. The zero-order valence-electron chi connectivity index (χ0n) is 16.1. The Labute approximate surface area is 159 Å². The Balaban J connectivity index is 1.84. The molecule has 2 rings (SSSR count). The molecule has 0 aliphatic rings. The molecule has 0 saturated heterocycles. The molecule has 146 valence electrons. The maximum absolute atomic E-state index is 12.9. The second kappa shape index (κ2) is 10.3. The summed E-state index contributed by atoms with van der Waals surface area (Å²) >= 11 is 0. The molecule has 2 N–H and O–H groups in total. The maximum Gasteiger partial charge on any atom is 0.191 e. The molecule has 0 saturated carbocycles. The zero-order chi connectivity index (χ0) is 19.6. The van der Waals surface area contributed by atoms with Gasteiger partial charge >= 0.3 is 0 Å². The van der Waals surface area contributed by atoms with E-state index in [0.717, 1.165) is 17.1 Å². The van der Waals surface area contributed by atoms with Crippen molar-refractivity contribution in [3.63, 3.8) is 0 Å². The lowest BCUT2D eigenvalue weighted by Crippen LogP contribution is -2.41. The molecule has 0 bridgehead atoms. The van der Waals surface area contributed by atoms with Gasteiger partial charge in [0.1, 0.15) is 29.2 Å². The molecule has 0 aliphatic carbocycles. The van der Waals surface area contributed by atoms with Gasteiger partial charge < -0.3 is 24.8 Å². The van der Waals surface area contributed by atoms with Crippen molar-refractivity contribution in [1.29, 1.82) is 0 Å². The van der Waals surface area contributed by atoms with Gasteiger partial charge in [-0.3, -0.25) is 4.99 Å². The Morgan fingerprint density at radius 1 is 1.04 bits per heavy atom. The van der Waals surface area contributed by atoms with Crippen molar-refractivity contribution in [2.75, 3.05) is 27.8 Å². The maximum atomic E-state index is 12.9. The summed E-state index contributed by atoms with van der Waals surface area (Å²) in [5.74, 6) is 2.46. The lowest BCUT2D eigenvalue weighted by molar-refractivity contribution is 0.223. The molecule has 2 aromatic rings. The van der Waals surface area contributed by atoms with Gasteiger partial charge in [0.15, 0.2) is 5.96 Å². The van der Waals surface area contributed by atoms with Gasteiger partial charge in [0.25, 0.3) is 0 Å². The average Bonchev–Trinajstić information content (AvgIpc) is 2.69. The van der Waals surface area contributed by atoms with Gasteiger partial charge in [0.2, 0.25) is 0 Å². The van der Waals surface area contributed by atoms with Crippen LogP contribution in [-0.2, 0) is 6.54 Å². The molecule has 0 aliphatic heterocycles. The minimum absolute atomic E-state index is 0.121. The van der Waals surface area contributed by atoms with Crippen LogP contribution in [0.25, 0.3) is 0 Å². The highest BCUT2D eigenvalue weighted by atomic mass is 19.1. The van der Waals surface area contributed by atoms with E-state index < -0.39 is 0 Å². The van der Waals surface area contributed by atoms with Crippen molar-refractivity contribution in [1.82, 2.24) is 10.6 Å². The first-order valence-electron chi connectivity index (χ1n) is 8.63. The van der Waals surface area contributed by atoms with Gasteiger partial charge in [-0.1, -0.05) is 0 Å². The summed E-state index contributed by atoms with van der Waals surface area (Å²) in [5.41, 5.74) is 0.983.